The molecular formula is C16H21ClN4O. The molecule has 0 spiro atoms. The number of halogens is 1. The van der Waals surface area contributed by atoms with Crippen LogP contribution in [0.5, 0.6) is 5.75 Å². The number of rotatable bonds is 6. The Labute approximate surface area is 136 Å². The van der Waals surface area contributed by atoms with E-state index in [9.17, 15) is 0 Å². The summed E-state index contributed by atoms with van der Waals surface area (Å²) in [7, 11) is 1.62. The van der Waals surface area contributed by atoms with Crippen LogP contribution in [0, 0.1) is 6.92 Å². The van der Waals surface area contributed by atoms with Crippen LogP contribution in [0.2, 0.25) is 5.02 Å². The molecule has 0 saturated heterocycles. The van der Waals surface area contributed by atoms with E-state index in [-0.39, 0.29) is 0 Å². The average molecular weight is 321 g/mol. The van der Waals surface area contributed by atoms with Gasteiger partial charge in [0.15, 0.2) is 0 Å². The third-order valence-corrected chi connectivity index (χ3v) is 3.84. The summed E-state index contributed by atoms with van der Waals surface area (Å²) >= 11 is 6.13. The lowest BCUT2D eigenvalue weighted by Gasteiger charge is -2.19. The van der Waals surface area contributed by atoms with Crippen molar-refractivity contribution < 1.29 is 4.74 Å². The third-order valence-electron chi connectivity index (χ3n) is 3.43. The summed E-state index contributed by atoms with van der Waals surface area (Å²) in [6.45, 7) is 7.85. The summed E-state index contributed by atoms with van der Waals surface area (Å²) in [4.78, 5) is 11.0. The monoisotopic (exact) mass is 320 g/mol. The molecule has 1 aromatic heterocycles. The van der Waals surface area contributed by atoms with Crippen LogP contribution >= 0.6 is 11.6 Å². The molecule has 0 aliphatic rings. The van der Waals surface area contributed by atoms with Gasteiger partial charge in [0.25, 0.3) is 0 Å². The van der Waals surface area contributed by atoms with Crippen LogP contribution in [0.4, 0.5) is 17.5 Å². The summed E-state index contributed by atoms with van der Waals surface area (Å²) in [6, 6.07) is 5.57. The van der Waals surface area contributed by atoms with E-state index in [1.54, 1.807) is 19.4 Å². The van der Waals surface area contributed by atoms with Crippen molar-refractivity contribution in [2.75, 3.05) is 30.4 Å². The van der Waals surface area contributed by atoms with E-state index in [1.165, 1.54) is 0 Å². The van der Waals surface area contributed by atoms with E-state index in [4.69, 9.17) is 16.3 Å². The molecule has 6 heteroatoms. The smallest absolute Gasteiger partial charge is 0.227 e. The molecule has 1 N–H and O–H groups in total. The Bertz CT molecular complexity index is 644. The first-order valence-corrected chi connectivity index (χ1v) is 7.66. The summed E-state index contributed by atoms with van der Waals surface area (Å²) in [5.74, 6) is 2.11. The molecule has 0 atom stereocenters. The van der Waals surface area contributed by atoms with Crippen molar-refractivity contribution >= 4 is 29.1 Å². The summed E-state index contributed by atoms with van der Waals surface area (Å²) in [6.07, 6.45) is 1.75. The van der Waals surface area contributed by atoms with Crippen LogP contribution in [0.3, 0.4) is 0 Å². The van der Waals surface area contributed by atoms with Crippen LogP contribution in [-0.2, 0) is 0 Å². The number of ether oxygens (including phenoxy) is 1. The minimum Gasteiger partial charge on any atom is -0.495 e. The Morgan fingerprint density at radius 1 is 1.27 bits per heavy atom. The molecule has 5 nitrogen and oxygen atoms in total. The quantitative estimate of drug-likeness (QED) is 0.870. The molecule has 0 fully saturated rings. The number of nitrogens with zero attached hydrogens (tertiary/aromatic N) is 3. The van der Waals surface area contributed by atoms with Crippen molar-refractivity contribution in [1.82, 2.24) is 9.97 Å². The Hall–Kier alpha value is -2.01. The highest BCUT2D eigenvalue weighted by molar-refractivity contribution is 6.31. The fraction of sp³-hybridized carbons (Fsp3) is 0.375. The molecular weight excluding hydrogens is 300 g/mol. The first-order chi connectivity index (χ1) is 10.6. The van der Waals surface area contributed by atoms with Crippen LogP contribution in [0.1, 0.15) is 19.4 Å². The number of aryl methyl sites for hydroxylation is 1. The molecule has 0 radical (unpaired) electrons. The highest BCUT2D eigenvalue weighted by atomic mass is 35.5. The number of aromatic nitrogens is 2. The van der Waals surface area contributed by atoms with Crippen molar-refractivity contribution in [3.63, 3.8) is 0 Å². The molecule has 2 rings (SSSR count). The van der Waals surface area contributed by atoms with Crippen molar-refractivity contribution in [2.24, 2.45) is 0 Å². The van der Waals surface area contributed by atoms with Crippen LogP contribution < -0.4 is 15.0 Å². The van der Waals surface area contributed by atoms with Gasteiger partial charge in [-0.2, -0.15) is 4.98 Å². The Morgan fingerprint density at radius 3 is 2.64 bits per heavy atom. The molecule has 1 aromatic carbocycles. The Morgan fingerprint density at radius 2 is 2.00 bits per heavy atom. The molecule has 0 bridgehead atoms. The Kier molecular flexibility index (Phi) is 5.44. The van der Waals surface area contributed by atoms with Crippen LogP contribution in [0.25, 0.3) is 0 Å². The lowest BCUT2D eigenvalue weighted by molar-refractivity contribution is 0.416. The first-order valence-electron chi connectivity index (χ1n) is 7.28. The minimum absolute atomic E-state index is 0.675. The predicted molar refractivity (Wildman–Crippen MR) is 91.6 cm³/mol. The van der Waals surface area contributed by atoms with E-state index in [0.717, 1.165) is 30.2 Å². The van der Waals surface area contributed by atoms with Gasteiger partial charge < -0.3 is 15.0 Å². The topological polar surface area (TPSA) is 50.3 Å². The van der Waals surface area contributed by atoms with Gasteiger partial charge in [-0.1, -0.05) is 11.6 Å². The van der Waals surface area contributed by atoms with Crippen molar-refractivity contribution in [1.29, 1.82) is 0 Å². The number of anilines is 3. The van der Waals surface area contributed by atoms with Crippen molar-refractivity contribution in [3.05, 3.63) is 35.0 Å². The minimum atomic E-state index is 0.675. The number of nitrogens with one attached hydrogen (secondary N) is 1. The fourth-order valence-electron chi connectivity index (χ4n) is 2.14. The summed E-state index contributed by atoms with van der Waals surface area (Å²) in [5.41, 5.74) is 1.80. The molecule has 0 aliphatic carbocycles. The van der Waals surface area contributed by atoms with E-state index in [2.05, 4.69) is 34.0 Å². The lowest BCUT2D eigenvalue weighted by atomic mass is 10.2. The number of hydrogen-bond donors (Lipinski definition) is 1. The largest absolute Gasteiger partial charge is 0.495 e. The molecule has 118 valence electrons. The third kappa shape index (κ3) is 3.60. The molecule has 0 amide bonds. The maximum atomic E-state index is 6.13. The van der Waals surface area contributed by atoms with Gasteiger partial charge in [-0.25, -0.2) is 4.98 Å². The van der Waals surface area contributed by atoms with Gasteiger partial charge in [-0.15, -0.1) is 0 Å². The number of methoxy groups -OCH3 is 1. The van der Waals surface area contributed by atoms with Crippen LogP contribution in [0.15, 0.2) is 24.4 Å². The van der Waals surface area contributed by atoms with Gasteiger partial charge >= 0.3 is 0 Å². The second-order valence-corrected chi connectivity index (χ2v) is 5.25. The summed E-state index contributed by atoms with van der Waals surface area (Å²) < 4.78 is 5.37. The van der Waals surface area contributed by atoms with E-state index < -0.39 is 0 Å². The predicted octanol–water partition coefficient (Wildman–Crippen LogP) is 4.04. The van der Waals surface area contributed by atoms with Gasteiger partial charge in [0, 0.05) is 30.4 Å². The molecule has 0 unspecified atom stereocenters. The first kappa shape index (κ1) is 16.4. The van der Waals surface area contributed by atoms with Crippen molar-refractivity contribution in [2.45, 2.75) is 20.8 Å². The SMILES string of the molecule is CCN(CC)c1nccc(Nc2cc(C)c(Cl)cc2OC)n1. The number of hydrogen-bond acceptors (Lipinski definition) is 5. The highest BCUT2D eigenvalue weighted by Crippen LogP contribution is 2.32. The second-order valence-electron chi connectivity index (χ2n) is 4.84. The molecule has 0 saturated carbocycles. The van der Waals surface area contributed by atoms with Crippen LogP contribution in [-0.4, -0.2) is 30.2 Å². The normalized spacial score (nSPS) is 10.4. The molecule has 0 aliphatic heterocycles. The zero-order valence-corrected chi connectivity index (χ0v) is 14.1. The highest BCUT2D eigenvalue weighted by Gasteiger charge is 2.10. The van der Waals surface area contributed by atoms with Gasteiger partial charge in [0.05, 0.1) is 12.8 Å². The van der Waals surface area contributed by atoms with E-state index in [1.807, 2.05) is 19.1 Å². The van der Waals surface area contributed by atoms with Gasteiger partial charge in [0.1, 0.15) is 11.6 Å². The van der Waals surface area contributed by atoms with Gasteiger partial charge in [-0.3, -0.25) is 0 Å². The number of benzene rings is 1. The average Bonchev–Trinajstić information content (AvgIpc) is 2.52. The van der Waals surface area contributed by atoms with Crippen molar-refractivity contribution in [3.8, 4) is 5.75 Å². The molecule has 2 aromatic rings. The molecule has 1 heterocycles. The zero-order valence-electron chi connectivity index (χ0n) is 13.4. The van der Waals surface area contributed by atoms with E-state index >= 15 is 0 Å². The second kappa shape index (κ2) is 7.31. The lowest BCUT2D eigenvalue weighted by Crippen LogP contribution is -2.24. The maximum Gasteiger partial charge on any atom is 0.227 e. The summed E-state index contributed by atoms with van der Waals surface area (Å²) in [5, 5.41) is 3.95. The zero-order chi connectivity index (χ0) is 16.1. The maximum absolute atomic E-state index is 6.13. The van der Waals surface area contributed by atoms with Gasteiger partial charge in [-0.05, 0) is 38.5 Å². The fourth-order valence-corrected chi connectivity index (χ4v) is 2.30. The molecule has 22 heavy (non-hydrogen) atoms. The Balaban J connectivity index is 2.31. The standard InChI is InChI=1S/C16H21ClN4O/c1-5-21(6-2)16-18-8-7-15(20-16)19-13-9-11(3)12(17)10-14(13)22-4/h7-10H,5-6H2,1-4H3,(H,18,19,20). The van der Waals surface area contributed by atoms with Gasteiger partial charge in [0.2, 0.25) is 5.95 Å². The van der Waals surface area contributed by atoms with E-state index in [0.29, 0.717) is 16.7 Å².